The van der Waals surface area contributed by atoms with Gasteiger partial charge in [0, 0.05) is 12.6 Å². The van der Waals surface area contributed by atoms with Crippen molar-refractivity contribution < 1.29 is 26.3 Å². The fraction of sp³-hybridized carbons (Fsp3) is 0.368. The third-order valence-electron chi connectivity index (χ3n) is 4.15. The van der Waals surface area contributed by atoms with Gasteiger partial charge in [0.2, 0.25) is 0 Å². The third-order valence-corrected chi connectivity index (χ3v) is 4.89. The summed E-state index contributed by atoms with van der Waals surface area (Å²) in [4.78, 5) is 0. The molecule has 0 saturated heterocycles. The van der Waals surface area contributed by atoms with Crippen LogP contribution in [-0.2, 0) is 25.3 Å². The largest absolute Gasteiger partial charge is 0.416 e. The summed E-state index contributed by atoms with van der Waals surface area (Å²) in [7, 11) is 0. The van der Waals surface area contributed by atoms with Crippen molar-refractivity contribution in [3.8, 4) is 0 Å². The molecule has 9 heteroatoms. The number of hydrogen-bond acceptors (Lipinski definition) is 1. The van der Waals surface area contributed by atoms with Gasteiger partial charge in [0.1, 0.15) is 0 Å². The third kappa shape index (κ3) is 6.57. The van der Waals surface area contributed by atoms with Crippen LogP contribution in [0.3, 0.4) is 0 Å². The molecule has 0 aliphatic rings. The Morgan fingerprint density at radius 2 is 1.39 bits per heavy atom. The van der Waals surface area contributed by atoms with Gasteiger partial charge in [0.15, 0.2) is 0 Å². The SMILES string of the molecule is CC(CCc1ccc(Cl)c(Cl)c1)NCc1cc(C(F)(F)F)cc(C(F)(F)F)c1. The summed E-state index contributed by atoms with van der Waals surface area (Å²) >= 11 is 11.8. The van der Waals surface area contributed by atoms with Crippen LogP contribution in [0.25, 0.3) is 0 Å². The Kier molecular flexibility index (Phi) is 7.28. The monoisotopic (exact) mass is 443 g/mol. The summed E-state index contributed by atoms with van der Waals surface area (Å²) < 4.78 is 77.4. The lowest BCUT2D eigenvalue weighted by atomic mass is 10.0. The van der Waals surface area contributed by atoms with Crippen molar-refractivity contribution in [3.63, 3.8) is 0 Å². The summed E-state index contributed by atoms with van der Waals surface area (Å²) in [5.74, 6) is 0. The lowest BCUT2D eigenvalue weighted by Crippen LogP contribution is -2.26. The van der Waals surface area contributed by atoms with E-state index in [0.717, 1.165) is 17.7 Å². The van der Waals surface area contributed by atoms with Gasteiger partial charge in [-0.05, 0) is 61.2 Å². The highest BCUT2D eigenvalue weighted by atomic mass is 35.5. The van der Waals surface area contributed by atoms with Crippen molar-refractivity contribution in [3.05, 3.63) is 68.7 Å². The van der Waals surface area contributed by atoms with Crippen LogP contribution in [0.5, 0.6) is 0 Å². The van der Waals surface area contributed by atoms with Gasteiger partial charge in [-0.3, -0.25) is 0 Å². The summed E-state index contributed by atoms with van der Waals surface area (Å²) in [5, 5.41) is 3.81. The van der Waals surface area contributed by atoms with E-state index in [-0.39, 0.29) is 24.2 Å². The van der Waals surface area contributed by atoms with E-state index in [2.05, 4.69) is 5.32 Å². The normalized spacial score (nSPS) is 13.6. The Labute approximate surface area is 168 Å². The van der Waals surface area contributed by atoms with Crippen molar-refractivity contribution in [2.24, 2.45) is 0 Å². The summed E-state index contributed by atoms with van der Waals surface area (Å²) in [6, 6.07) is 6.64. The molecule has 0 saturated carbocycles. The van der Waals surface area contributed by atoms with Crippen LogP contribution in [0.15, 0.2) is 36.4 Å². The molecule has 154 valence electrons. The zero-order valence-electron chi connectivity index (χ0n) is 14.7. The van der Waals surface area contributed by atoms with E-state index in [1.165, 1.54) is 0 Å². The van der Waals surface area contributed by atoms with Gasteiger partial charge >= 0.3 is 12.4 Å². The zero-order chi connectivity index (χ0) is 21.1. The maximum absolute atomic E-state index is 12.9. The van der Waals surface area contributed by atoms with Gasteiger partial charge in [-0.15, -0.1) is 0 Å². The Balaban J connectivity index is 2.03. The van der Waals surface area contributed by atoms with E-state index in [1.54, 1.807) is 19.1 Å². The number of benzene rings is 2. The average Bonchev–Trinajstić information content (AvgIpc) is 2.59. The van der Waals surface area contributed by atoms with Gasteiger partial charge in [0.25, 0.3) is 0 Å². The smallest absolute Gasteiger partial charge is 0.310 e. The van der Waals surface area contributed by atoms with Crippen LogP contribution in [0.1, 0.15) is 35.6 Å². The van der Waals surface area contributed by atoms with E-state index < -0.39 is 23.5 Å². The van der Waals surface area contributed by atoms with Gasteiger partial charge < -0.3 is 5.32 Å². The highest BCUT2D eigenvalue weighted by molar-refractivity contribution is 6.42. The number of hydrogen-bond donors (Lipinski definition) is 1. The second-order valence-corrected chi connectivity index (χ2v) is 7.30. The molecule has 0 radical (unpaired) electrons. The highest BCUT2D eigenvalue weighted by Crippen LogP contribution is 2.36. The standard InChI is InChI=1S/C19H17Cl2F6N/c1-11(2-3-12-4-5-16(20)17(21)8-12)28-10-13-6-14(18(22,23)24)9-15(7-13)19(25,26)27/h4-9,11,28H,2-3,10H2,1H3. The second kappa shape index (κ2) is 8.93. The molecule has 2 aromatic rings. The lowest BCUT2D eigenvalue weighted by Gasteiger charge is -2.17. The Morgan fingerprint density at radius 3 is 1.89 bits per heavy atom. The van der Waals surface area contributed by atoms with Crippen molar-refractivity contribution in [2.75, 3.05) is 0 Å². The van der Waals surface area contributed by atoms with E-state index in [1.807, 2.05) is 6.07 Å². The van der Waals surface area contributed by atoms with Crippen LogP contribution in [-0.4, -0.2) is 6.04 Å². The Hall–Kier alpha value is -1.44. The molecule has 1 N–H and O–H groups in total. The number of nitrogens with one attached hydrogen (secondary N) is 1. The van der Waals surface area contributed by atoms with Crippen LogP contribution in [0.2, 0.25) is 10.0 Å². The maximum Gasteiger partial charge on any atom is 0.416 e. The molecule has 0 bridgehead atoms. The molecular formula is C19H17Cl2F6N. The maximum atomic E-state index is 12.9. The van der Waals surface area contributed by atoms with Crippen molar-refractivity contribution in [1.82, 2.24) is 5.32 Å². The fourth-order valence-electron chi connectivity index (χ4n) is 2.59. The number of halogens is 8. The summed E-state index contributed by atoms with van der Waals surface area (Å²) in [6.45, 7) is 1.69. The van der Waals surface area contributed by atoms with E-state index >= 15 is 0 Å². The minimum Gasteiger partial charge on any atom is -0.310 e. The Morgan fingerprint density at radius 1 is 0.821 bits per heavy atom. The van der Waals surface area contributed by atoms with Crippen molar-refractivity contribution in [1.29, 1.82) is 0 Å². The first-order valence-corrected chi connectivity index (χ1v) is 9.07. The molecule has 28 heavy (non-hydrogen) atoms. The van der Waals surface area contributed by atoms with E-state index in [4.69, 9.17) is 23.2 Å². The number of aryl methyl sites for hydroxylation is 1. The van der Waals surface area contributed by atoms with Crippen LogP contribution in [0, 0.1) is 0 Å². The predicted octanol–water partition coefficient (Wildman–Crippen LogP) is 7.14. The van der Waals surface area contributed by atoms with Crippen LogP contribution >= 0.6 is 23.2 Å². The molecule has 2 rings (SSSR count). The fourth-order valence-corrected chi connectivity index (χ4v) is 2.91. The summed E-state index contributed by atoms with van der Waals surface area (Å²) in [5.41, 5.74) is -1.78. The van der Waals surface area contributed by atoms with Gasteiger partial charge in [-0.1, -0.05) is 29.3 Å². The molecule has 0 fully saturated rings. The highest BCUT2D eigenvalue weighted by Gasteiger charge is 2.36. The average molecular weight is 444 g/mol. The van der Waals surface area contributed by atoms with Gasteiger partial charge in [-0.2, -0.15) is 26.3 Å². The van der Waals surface area contributed by atoms with E-state index in [0.29, 0.717) is 22.9 Å². The quantitative estimate of drug-likeness (QED) is 0.467. The zero-order valence-corrected chi connectivity index (χ0v) is 16.2. The number of rotatable bonds is 6. The molecule has 0 aliphatic carbocycles. The second-order valence-electron chi connectivity index (χ2n) is 6.48. The summed E-state index contributed by atoms with van der Waals surface area (Å²) in [6.07, 6.45) is -8.46. The van der Waals surface area contributed by atoms with Gasteiger partial charge in [0.05, 0.1) is 21.2 Å². The predicted molar refractivity (Wildman–Crippen MR) is 97.5 cm³/mol. The van der Waals surface area contributed by atoms with Crippen molar-refractivity contribution in [2.45, 2.75) is 44.7 Å². The molecule has 2 aromatic carbocycles. The Bertz CT molecular complexity index is 785. The molecule has 0 aliphatic heterocycles. The first-order chi connectivity index (χ1) is 12.9. The van der Waals surface area contributed by atoms with Gasteiger partial charge in [-0.25, -0.2) is 0 Å². The molecule has 0 amide bonds. The van der Waals surface area contributed by atoms with E-state index in [9.17, 15) is 26.3 Å². The number of alkyl halides is 6. The topological polar surface area (TPSA) is 12.0 Å². The molecule has 1 atom stereocenters. The first-order valence-electron chi connectivity index (χ1n) is 8.32. The molecule has 0 spiro atoms. The first kappa shape index (κ1) is 22.8. The molecule has 1 unspecified atom stereocenters. The lowest BCUT2D eigenvalue weighted by molar-refractivity contribution is -0.143. The van der Waals surface area contributed by atoms with Crippen LogP contribution < -0.4 is 5.32 Å². The minimum atomic E-state index is -4.85. The van der Waals surface area contributed by atoms with Crippen molar-refractivity contribution >= 4 is 23.2 Å². The molecule has 0 aromatic heterocycles. The minimum absolute atomic E-state index is 0.0801. The molecule has 0 heterocycles. The molecule has 1 nitrogen and oxygen atoms in total. The molecular weight excluding hydrogens is 427 g/mol. The van der Waals surface area contributed by atoms with Crippen LogP contribution in [0.4, 0.5) is 26.3 Å².